The summed E-state index contributed by atoms with van der Waals surface area (Å²) in [6.45, 7) is 0.719. The summed E-state index contributed by atoms with van der Waals surface area (Å²) in [6.07, 6.45) is 1.84. The molecule has 0 atom stereocenters. The molecule has 1 rings (SSSR count). The van der Waals surface area contributed by atoms with Crippen LogP contribution in [-0.2, 0) is 16.1 Å². The Morgan fingerprint density at radius 1 is 1.28 bits per heavy atom. The third-order valence-electron chi connectivity index (χ3n) is 2.43. The first-order valence-electron chi connectivity index (χ1n) is 5.66. The van der Waals surface area contributed by atoms with Crippen molar-refractivity contribution < 1.29 is 14.7 Å². The molecular formula is C13H17NO3S. The lowest BCUT2D eigenvalue weighted by atomic mass is 10.2. The number of carboxylic acid groups (broad SMARTS) is 1. The number of amides is 1. The van der Waals surface area contributed by atoms with Crippen molar-refractivity contribution >= 4 is 23.6 Å². The summed E-state index contributed by atoms with van der Waals surface area (Å²) >= 11 is 1.44. The molecule has 0 aliphatic heterocycles. The van der Waals surface area contributed by atoms with E-state index in [1.807, 2.05) is 36.6 Å². The third kappa shape index (κ3) is 5.23. The van der Waals surface area contributed by atoms with Crippen LogP contribution in [-0.4, -0.2) is 40.4 Å². The van der Waals surface area contributed by atoms with Gasteiger partial charge in [0.1, 0.15) is 0 Å². The fourth-order valence-corrected chi connectivity index (χ4v) is 1.97. The maximum Gasteiger partial charge on any atom is 0.305 e. The number of hydrogen-bond donors (Lipinski definition) is 1. The molecule has 1 N–H and O–H groups in total. The van der Waals surface area contributed by atoms with Gasteiger partial charge < -0.3 is 10.0 Å². The van der Waals surface area contributed by atoms with Gasteiger partial charge >= 0.3 is 5.97 Å². The molecule has 0 bridgehead atoms. The van der Waals surface area contributed by atoms with Crippen LogP contribution in [0.5, 0.6) is 0 Å². The molecule has 0 spiro atoms. The second-order valence-electron chi connectivity index (χ2n) is 3.88. The van der Waals surface area contributed by atoms with Crippen molar-refractivity contribution in [1.29, 1.82) is 0 Å². The van der Waals surface area contributed by atoms with Gasteiger partial charge in [0.25, 0.3) is 0 Å². The fraction of sp³-hybridized carbons (Fsp3) is 0.385. The van der Waals surface area contributed by atoms with Crippen LogP contribution in [0.3, 0.4) is 0 Å². The molecular weight excluding hydrogens is 250 g/mol. The molecule has 0 heterocycles. The first-order chi connectivity index (χ1) is 8.63. The zero-order chi connectivity index (χ0) is 13.4. The van der Waals surface area contributed by atoms with E-state index in [0.717, 1.165) is 5.56 Å². The molecule has 98 valence electrons. The van der Waals surface area contributed by atoms with Gasteiger partial charge in [-0.15, -0.1) is 0 Å². The molecule has 0 aromatic heterocycles. The Hall–Kier alpha value is -1.49. The van der Waals surface area contributed by atoms with Gasteiger partial charge in [0.15, 0.2) is 0 Å². The van der Waals surface area contributed by atoms with Crippen LogP contribution < -0.4 is 0 Å². The van der Waals surface area contributed by atoms with E-state index in [0.29, 0.717) is 12.3 Å². The van der Waals surface area contributed by atoms with Crippen LogP contribution in [0.2, 0.25) is 0 Å². The largest absolute Gasteiger partial charge is 0.481 e. The molecule has 0 saturated heterocycles. The van der Waals surface area contributed by atoms with Crippen molar-refractivity contribution in [3.8, 4) is 0 Å². The van der Waals surface area contributed by atoms with Crippen LogP contribution in [0.15, 0.2) is 30.3 Å². The Morgan fingerprint density at radius 2 is 1.94 bits per heavy atom. The zero-order valence-corrected chi connectivity index (χ0v) is 11.2. The second-order valence-corrected chi connectivity index (χ2v) is 4.74. The maximum absolute atomic E-state index is 11.9. The third-order valence-corrected chi connectivity index (χ3v) is 2.97. The summed E-state index contributed by atoms with van der Waals surface area (Å²) in [6, 6.07) is 9.59. The highest BCUT2D eigenvalue weighted by molar-refractivity contribution is 7.99. The number of nitrogens with zero attached hydrogens (tertiary/aromatic N) is 1. The molecule has 0 aliphatic carbocycles. The number of carbonyl (C=O) groups excluding carboxylic acids is 1. The molecule has 4 nitrogen and oxygen atoms in total. The Bertz CT molecular complexity index is 394. The standard InChI is InChI=1S/C13H17NO3S/c1-18-10-12(15)14(8-7-13(16)17)9-11-5-3-2-4-6-11/h2-6H,7-10H2,1H3,(H,16,17). The van der Waals surface area contributed by atoms with Gasteiger partial charge in [-0.3, -0.25) is 9.59 Å². The minimum atomic E-state index is -0.884. The van der Waals surface area contributed by atoms with Crippen molar-refractivity contribution in [2.24, 2.45) is 0 Å². The van der Waals surface area contributed by atoms with Crippen LogP contribution in [0.25, 0.3) is 0 Å². The molecule has 0 radical (unpaired) electrons. The van der Waals surface area contributed by atoms with Crippen LogP contribution >= 0.6 is 11.8 Å². The van der Waals surface area contributed by atoms with Gasteiger partial charge in [0.2, 0.25) is 5.91 Å². The predicted octanol–water partition coefficient (Wildman–Crippen LogP) is 1.85. The lowest BCUT2D eigenvalue weighted by Gasteiger charge is -2.21. The average molecular weight is 267 g/mol. The molecule has 1 amide bonds. The minimum Gasteiger partial charge on any atom is -0.481 e. The van der Waals surface area contributed by atoms with Gasteiger partial charge in [-0.2, -0.15) is 11.8 Å². The van der Waals surface area contributed by atoms with E-state index in [9.17, 15) is 9.59 Å². The van der Waals surface area contributed by atoms with E-state index in [4.69, 9.17) is 5.11 Å². The van der Waals surface area contributed by atoms with E-state index in [2.05, 4.69) is 0 Å². The monoisotopic (exact) mass is 267 g/mol. The lowest BCUT2D eigenvalue weighted by Crippen LogP contribution is -2.33. The summed E-state index contributed by atoms with van der Waals surface area (Å²) in [5.41, 5.74) is 1.01. The van der Waals surface area contributed by atoms with Crippen molar-refractivity contribution in [2.45, 2.75) is 13.0 Å². The topological polar surface area (TPSA) is 57.6 Å². The number of thioether (sulfide) groups is 1. The van der Waals surface area contributed by atoms with Crippen LogP contribution in [0.4, 0.5) is 0 Å². The highest BCUT2D eigenvalue weighted by Crippen LogP contribution is 2.07. The average Bonchev–Trinajstić information content (AvgIpc) is 2.35. The first kappa shape index (κ1) is 14.6. The number of carboxylic acids is 1. The Morgan fingerprint density at radius 3 is 2.50 bits per heavy atom. The first-order valence-corrected chi connectivity index (χ1v) is 7.05. The molecule has 0 unspecified atom stereocenters. The molecule has 0 saturated carbocycles. The Labute approximate surface area is 111 Å². The van der Waals surface area contributed by atoms with Crippen molar-refractivity contribution in [3.63, 3.8) is 0 Å². The molecule has 0 aliphatic rings. The second kappa shape index (κ2) is 7.76. The van der Waals surface area contributed by atoms with Crippen molar-refractivity contribution in [3.05, 3.63) is 35.9 Å². The van der Waals surface area contributed by atoms with E-state index in [1.165, 1.54) is 11.8 Å². The van der Waals surface area contributed by atoms with E-state index >= 15 is 0 Å². The van der Waals surface area contributed by atoms with E-state index < -0.39 is 5.97 Å². The van der Waals surface area contributed by atoms with Crippen LogP contribution in [0, 0.1) is 0 Å². The summed E-state index contributed by atoms with van der Waals surface area (Å²) < 4.78 is 0. The maximum atomic E-state index is 11.9. The van der Waals surface area contributed by atoms with Gasteiger partial charge in [-0.05, 0) is 11.8 Å². The summed E-state index contributed by atoms with van der Waals surface area (Å²) in [7, 11) is 0. The highest BCUT2D eigenvalue weighted by atomic mass is 32.2. The normalized spacial score (nSPS) is 10.1. The smallest absolute Gasteiger partial charge is 0.305 e. The van der Waals surface area contributed by atoms with Gasteiger partial charge in [-0.25, -0.2) is 0 Å². The summed E-state index contributed by atoms with van der Waals surface area (Å²) in [5, 5.41) is 8.70. The SMILES string of the molecule is CSCC(=O)N(CCC(=O)O)Cc1ccccc1. The molecule has 0 fully saturated rings. The molecule has 1 aromatic rings. The molecule has 18 heavy (non-hydrogen) atoms. The Balaban J connectivity index is 2.64. The fourth-order valence-electron chi connectivity index (χ4n) is 1.54. The van der Waals surface area contributed by atoms with Crippen molar-refractivity contribution in [2.75, 3.05) is 18.6 Å². The van der Waals surface area contributed by atoms with Crippen LogP contribution in [0.1, 0.15) is 12.0 Å². The zero-order valence-electron chi connectivity index (χ0n) is 10.3. The summed E-state index contributed by atoms with van der Waals surface area (Å²) in [5.74, 6) is -0.524. The number of hydrogen-bond acceptors (Lipinski definition) is 3. The Kier molecular flexibility index (Phi) is 6.28. The number of rotatable bonds is 7. The van der Waals surface area contributed by atoms with E-state index in [1.54, 1.807) is 4.90 Å². The van der Waals surface area contributed by atoms with Gasteiger partial charge in [0.05, 0.1) is 12.2 Å². The summed E-state index contributed by atoms with van der Waals surface area (Å²) in [4.78, 5) is 24.1. The van der Waals surface area contributed by atoms with Crippen molar-refractivity contribution in [1.82, 2.24) is 4.90 Å². The predicted molar refractivity (Wildman–Crippen MR) is 72.5 cm³/mol. The highest BCUT2D eigenvalue weighted by Gasteiger charge is 2.14. The minimum absolute atomic E-state index is 0.0207. The molecule has 1 aromatic carbocycles. The number of aliphatic carboxylic acids is 1. The number of benzene rings is 1. The van der Waals surface area contributed by atoms with Gasteiger partial charge in [-0.1, -0.05) is 30.3 Å². The lowest BCUT2D eigenvalue weighted by molar-refractivity contribution is -0.138. The molecule has 5 heteroatoms. The quantitative estimate of drug-likeness (QED) is 0.819. The number of carbonyl (C=O) groups is 2. The van der Waals surface area contributed by atoms with E-state index in [-0.39, 0.29) is 18.9 Å². The van der Waals surface area contributed by atoms with Gasteiger partial charge in [0, 0.05) is 13.1 Å².